The zero-order valence-electron chi connectivity index (χ0n) is 20.9. The molecular weight excluding hydrogens is 469 g/mol. The van der Waals surface area contributed by atoms with Gasteiger partial charge in [-0.3, -0.25) is 0 Å². The third kappa shape index (κ3) is 3.36. The molecule has 4 aromatic rings. The van der Waals surface area contributed by atoms with Crippen molar-refractivity contribution in [2.75, 3.05) is 13.6 Å². The summed E-state index contributed by atoms with van der Waals surface area (Å²) >= 11 is 0. The highest BCUT2D eigenvalue weighted by Crippen LogP contribution is 2.69. The molecule has 2 aliphatic heterocycles. The van der Waals surface area contributed by atoms with E-state index in [4.69, 9.17) is 0 Å². The summed E-state index contributed by atoms with van der Waals surface area (Å²) in [5, 5.41) is 2.97. The number of hydrogen-bond acceptors (Lipinski definition) is 2. The molecule has 2 nitrogen and oxygen atoms in total. The van der Waals surface area contributed by atoms with Crippen LogP contribution in [0.4, 0.5) is 0 Å². The number of allylic oxidation sites excluding steroid dienone is 3. The van der Waals surface area contributed by atoms with E-state index in [9.17, 15) is 0 Å². The van der Waals surface area contributed by atoms with Crippen molar-refractivity contribution in [3.05, 3.63) is 148 Å². The maximum Gasteiger partial charge on any atom is 0.169 e. The fraction of sp³-hybridized carbons (Fsp3) is 0.118. The van der Waals surface area contributed by atoms with Crippen molar-refractivity contribution in [1.82, 2.24) is 4.90 Å². The van der Waals surface area contributed by atoms with E-state index in [1.807, 2.05) is 6.07 Å². The van der Waals surface area contributed by atoms with Gasteiger partial charge in [0.1, 0.15) is 0 Å². The predicted molar refractivity (Wildman–Crippen MR) is 155 cm³/mol. The van der Waals surface area contributed by atoms with Crippen molar-refractivity contribution in [3.8, 4) is 11.1 Å². The number of likely N-dealkylation sites (N-methyl/N-ethyl adjacent to an activating group) is 1. The summed E-state index contributed by atoms with van der Waals surface area (Å²) in [5.74, 6) is 0. The lowest BCUT2D eigenvalue weighted by molar-refractivity contribution is 0.528. The molecular formula is C34H28NOP. The minimum Gasteiger partial charge on any atom is -0.370 e. The van der Waals surface area contributed by atoms with Gasteiger partial charge in [-0.25, -0.2) is 0 Å². The van der Waals surface area contributed by atoms with Gasteiger partial charge in [0.15, 0.2) is 7.14 Å². The summed E-state index contributed by atoms with van der Waals surface area (Å²) in [7, 11) is -1.04. The van der Waals surface area contributed by atoms with Crippen LogP contribution in [0.25, 0.3) is 22.4 Å². The van der Waals surface area contributed by atoms with E-state index in [-0.39, 0.29) is 0 Å². The van der Waals surface area contributed by atoms with Crippen LogP contribution in [0.15, 0.2) is 126 Å². The van der Waals surface area contributed by atoms with Crippen molar-refractivity contribution in [1.29, 1.82) is 0 Å². The van der Waals surface area contributed by atoms with E-state index in [0.717, 1.165) is 52.1 Å². The van der Waals surface area contributed by atoms with Gasteiger partial charge < -0.3 is 9.46 Å². The Kier molecular flexibility index (Phi) is 5.20. The first-order chi connectivity index (χ1) is 18.2. The Bertz CT molecular complexity index is 1690. The fourth-order valence-corrected chi connectivity index (χ4v) is 9.66. The Balaban J connectivity index is 1.60. The van der Waals surface area contributed by atoms with Crippen LogP contribution < -0.4 is 5.30 Å². The molecule has 0 bridgehead atoms. The molecule has 0 saturated carbocycles. The molecule has 1 aliphatic carbocycles. The van der Waals surface area contributed by atoms with Gasteiger partial charge in [-0.15, -0.1) is 0 Å². The smallest absolute Gasteiger partial charge is 0.169 e. The largest absolute Gasteiger partial charge is 0.370 e. The zero-order chi connectivity index (χ0) is 25.0. The number of rotatable bonds is 2. The van der Waals surface area contributed by atoms with Gasteiger partial charge in [0.2, 0.25) is 0 Å². The van der Waals surface area contributed by atoms with Crippen molar-refractivity contribution < 1.29 is 4.57 Å². The van der Waals surface area contributed by atoms with E-state index in [1.165, 1.54) is 27.8 Å². The minimum absolute atomic E-state index is 0.794. The molecule has 0 N–H and O–H groups in total. The van der Waals surface area contributed by atoms with E-state index in [0.29, 0.717) is 0 Å². The highest BCUT2D eigenvalue weighted by atomic mass is 31.2. The second kappa shape index (κ2) is 8.61. The minimum atomic E-state index is -3.16. The van der Waals surface area contributed by atoms with Gasteiger partial charge in [-0.2, -0.15) is 0 Å². The van der Waals surface area contributed by atoms with Crippen LogP contribution in [0.3, 0.4) is 0 Å². The van der Waals surface area contributed by atoms with E-state index < -0.39 is 7.14 Å². The molecule has 0 aromatic heterocycles. The Hall–Kier alpha value is -3.87. The number of fused-ring (bicyclic) bond motifs is 5. The molecule has 3 aliphatic rings. The van der Waals surface area contributed by atoms with E-state index in [1.54, 1.807) is 0 Å². The summed E-state index contributed by atoms with van der Waals surface area (Å²) < 4.78 is 16.0. The van der Waals surface area contributed by atoms with Crippen LogP contribution in [0.2, 0.25) is 0 Å². The van der Waals surface area contributed by atoms with Gasteiger partial charge >= 0.3 is 0 Å². The Morgan fingerprint density at radius 1 is 0.703 bits per heavy atom. The van der Waals surface area contributed by atoms with Gasteiger partial charge in [0.25, 0.3) is 0 Å². The lowest BCUT2D eigenvalue weighted by Gasteiger charge is -2.32. The Morgan fingerprint density at radius 2 is 1.41 bits per heavy atom. The van der Waals surface area contributed by atoms with Gasteiger partial charge in [-0.1, -0.05) is 109 Å². The predicted octanol–water partition coefficient (Wildman–Crippen LogP) is 7.93. The molecule has 2 heterocycles. The molecule has 37 heavy (non-hydrogen) atoms. The summed E-state index contributed by atoms with van der Waals surface area (Å²) in [5.41, 5.74) is 9.43. The lowest BCUT2D eigenvalue weighted by Crippen LogP contribution is -2.22. The van der Waals surface area contributed by atoms with Crippen LogP contribution in [0, 0.1) is 0 Å². The van der Waals surface area contributed by atoms with Crippen LogP contribution in [-0.2, 0) is 11.0 Å². The molecule has 0 radical (unpaired) electrons. The second-order valence-corrected chi connectivity index (χ2v) is 12.8. The maximum atomic E-state index is 16.0. The summed E-state index contributed by atoms with van der Waals surface area (Å²) in [6.07, 6.45) is 6.01. The number of benzene rings is 4. The highest BCUT2D eigenvalue weighted by Gasteiger charge is 2.43. The standard InChI is InChI=1S/C34H28NOP/c1-35-22-10-19-32-34(35)30-18-8-7-17-29(30)33-28-16-6-5-13-25(28)20-21-31(33)37(32,36)27-15-9-14-26(23-27)24-11-3-2-4-12-24/h2-19,23H,20-22H2,1H3. The normalized spacial score (nSPS) is 20.1. The molecule has 3 heteroatoms. The lowest BCUT2D eigenvalue weighted by atomic mass is 9.84. The zero-order valence-corrected chi connectivity index (χ0v) is 21.8. The Labute approximate surface area is 218 Å². The third-order valence-electron chi connectivity index (χ3n) is 7.97. The SMILES string of the molecule is CN1CC=CC2=C1c1ccccc1C1=C(CCc3ccccc31)P2(=O)c1cccc(-c2ccccc2)c1. The molecule has 1 atom stereocenters. The van der Waals surface area contributed by atoms with Crippen molar-refractivity contribution >= 4 is 23.7 Å². The van der Waals surface area contributed by atoms with Crippen LogP contribution in [0.1, 0.15) is 28.7 Å². The summed E-state index contributed by atoms with van der Waals surface area (Å²) in [6, 6.07) is 36.2. The van der Waals surface area contributed by atoms with Crippen molar-refractivity contribution in [2.24, 2.45) is 0 Å². The van der Waals surface area contributed by atoms with Crippen LogP contribution >= 0.6 is 7.14 Å². The van der Waals surface area contributed by atoms with Gasteiger partial charge in [0, 0.05) is 35.1 Å². The first-order valence-electron chi connectivity index (χ1n) is 13.0. The Morgan fingerprint density at radius 3 is 2.24 bits per heavy atom. The molecule has 180 valence electrons. The average Bonchev–Trinajstić information content (AvgIpc) is 3.06. The molecule has 0 fully saturated rings. The van der Waals surface area contributed by atoms with Crippen molar-refractivity contribution in [2.45, 2.75) is 12.8 Å². The van der Waals surface area contributed by atoms with E-state index in [2.05, 4.69) is 121 Å². The molecule has 1 unspecified atom stereocenters. The fourth-order valence-electron chi connectivity index (χ4n) is 6.28. The van der Waals surface area contributed by atoms with Gasteiger partial charge in [0.05, 0.1) is 5.70 Å². The summed E-state index contributed by atoms with van der Waals surface area (Å²) in [4.78, 5) is 2.27. The molecule has 7 rings (SSSR count). The first-order valence-corrected chi connectivity index (χ1v) is 14.7. The van der Waals surface area contributed by atoms with Crippen molar-refractivity contribution in [3.63, 3.8) is 0 Å². The molecule has 0 amide bonds. The second-order valence-electron chi connectivity index (χ2n) is 10.1. The first kappa shape index (κ1) is 22.3. The number of hydrogen-bond donors (Lipinski definition) is 0. The number of aryl methyl sites for hydroxylation is 1. The van der Waals surface area contributed by atoms with E-state index >= 15 is 4.57 Å². The van der Waals surface area contributed by atoms with Gasteiger partial charge in [-0.05, 0) is 52.3 Å². The topological polar surface area (TPSA) is 20.3 Å². The third-order valence-corrected chi connectivity index (χ3v) is 11.2. The average molecular weight is 498 g/mol. The highest BCUT2D eigenvalue weighted by molar-refractivity contribution is 7.80. The number of nitrogens with zero attached hydrogens (tertiary/aromatic N) is 1. The van der Waals surface area contributed by atoms with Crippen LogP contribution in [-0.4, -0.2) is 18.5 Å². The maximum absolute atomic E-state index is 16.0. The van der Waals surface area contributed by atoms with Crippen LogP contribution in [0.5, 0.6) is 0 Å². The molecule has 0 spiro atoms. The quantitative estimate of drug-likeness (QED) is 0.262. The monoisotopic (exact) mass is 497 g/mol. The molecule has 0 saturated heterocycles. The molecule has 4 aromatic carbocycles. The summed E-state index contributed by atoms with van der Waals surface area (Å²) in [6.45, 7) is 0.804.